The highest BCUT2D eigenvalue weighted by molar-refractivity contribution is 6.07. The first-order valence-electron chi connectivity index (χ1n) is 13.2. The summed E-state index contributed by atoms with van der Waals surface area (Å²) in [5.41, 5.74) is 3.98. The van der Waals surface area contributed by atoms with Gasteiger partial charge >= 0.3 is 5.97 Å². The largest absolute Gasteiger partial charge is 0.461 e. The van der Waals surface area contributed by atoms with E-state index in [1.54, 1.807) is 17.6 Å². The van der Waals surface area contributed by atoms with E-state index in [1.165, 1.54) is 12.1 Å². The molecule has 0 amide bonds. The van der Waals surface area contributed by atoms with E-state index in [1.807, 2.05) is 42.6 Å². The number of halogens is 1. The molecule has 1 fully saturated rings. The molecular formula is C31H30FN3O4. The predicted molar refractivity (Wildman–Crippen MR) is 149 cm³/mol. The van der Waals surface area contributed by atoms with E-state index in [0.717, 1.165) is 22.8 Å². The molecule has 200 valence electrons. The molecule has 39 heavy (non-hydrogen) atoms. The topological polar surface area (TPSA) is 88.7 Å². The van der Waals surface area contributed by atoms with E-state index in [9.17, 15) is 9.59 Å². The Balaban J connectivity index is 1.60. The molecule has 0 spiro atoms. The zero-order valence-corrected chi connectivity index (χ0v) is 22.1. The molecule has 8 heteroatoms. The van der Waals surface area contributed by atoms with Gasteiger partial charge in [-0.25, -0.2) is 9.18 Å². The van der Waals surface area contributed by atoms with Crippen LogP contribution in [0.2, 0.25) is 0 Å². The van der Waals surface area contributed by atoms with Crippen molar-refractivity contribution in [2.75, 3.05) is 6.61 Å². The molecule has 7 nitrogen and oxygen atoms in total. The number of para-hydroxylation sites is 1. The molecule has 0 bridgehead atoms. The second-order valence-corrected chi connectivity index (χ2v) is 10.6. The number of aryl methyl sites for hydroxylation is 1. The number of aromatic nitrogens is 2. The number of carbonyl (C=O) groups is 1. The molecule has 0 radical (unpaired) electrons. The quantitative estimate of drug-likeness (QED) is 0.248. The fraction of sp³-hybridized carbons (Fsp3) is 0.290. The molecule has 6 rings (SSSR count). The number of allylic oxidation sites excluding steroid dienone is 2. The molecule has 2 aliphatic rings. The van der Waals surface area contributed by atoms with Crippen LogP contribution in [0.25, 0.3) is 27.4 Å². The van der Waals surface area contributed by atoms with Crippen LogP contribution >= 0.6 is 0 Å². The number of carbonyl (C=O) groups excluding carboxylic acids is 1. The number of epoxide rings is 1. The van der Waals surface area contributed by atoms with E-state index in [2.05, 4.69) is 24.1 Å². The summed E-state index contributed by atoms with van der Waals surface area (Å²) in [5.74, 6) is -0.503. The van der Waals surface area contributed by atoms with Gasteiger partial charge in [-0.2, -0.15) is 0 Å². The summed E-state index contributed by atoms with van der Waals surface area (Å²) in [5, 5.41) is 4.76. The van der Waals surface area contributed by atoms with Crippen molar-refractivity contribution in [3.05, 3.63) is 99.4 Å². The van der Waals surface area contributed by atoms with Gasteiger partial charge in [0.05, 0.1) is 12.1 Å². The summed E-state index contributed by atoms with van der Waals surface area (Å²) in [6, 6.07) is 12.3. The predicted octanol–water partition coefficient (Wildman–Crippen LogP) is 5.41. The van der Waals surface area contributed by atoms with Gasteiger partial charge in [0.15, 0.2) is 6.23 Å². The van der Waals surface area contributed by atoms with E-state index in [0.29, 0.717) is 39.3 Å². The minimum Gasteiger partial charge on any atom is -0.461 e. The average molecular weight is 528 g/mol. The Labute approximate surface area is 224 Å². The molecule has 0 aliphatic carbocycles. The zero-order valence-electron chi connectivity index (χ0n) is 22.1. The number of nitrogens with one attached hydrogen (secondary N) is 2. The van der Waals surface area contributed by atoms with Gasteiger partial charge in [-0.15, -0.1) is 0 Å². The van der Waals surface area contributed by atoms with E-state index >= 15 is 4.39 Å². The number of nitrogens with zero attached hydrogens (tertiary/aromatic N) is 1. The van der Waals surface area contributed by atoms with Gasteiger partial charge in [0.25, 0.3) is 0 Å². The van der Waals surface area contributed by atoms with E-state index in [-0.39, 0.29) is 36.9 Å². The average Bonchev–Trinajstić information content (AvgIpc) is 3.63. The second kappa shape index (κ2) is 9.85. The first-order valence-corrected chi connectivity index (χ1v) is 13.2. The molecule has 0 saturated carbocycles. The van der Waals surface area contributed by atoms with Gasteiger partial charge in [0, 0.05) is 34.5 Å². The maximum absolute atomic E-state index is 15.1. The number of pyridine rings is 1. The van der Waals surface area contributed by atoms with Gasteiger partial charge in [0.1, 0.15) is 17.6 Å². The maximum atomic E-state index is 15.1. The van der Waals surface area contributed by atoms with Crippen molar-refractivity contribution in [1.29, 1.82) is 0 Å². The summed E-state index contributed by atoms with van der Waals surface area (Å²) < 4.78 is 28.5. The number of H-pyrrole nitrogens is 1. The molecule has 2 aliphatic heterocycles. The fourth-order valence-corrected chi connectivity index (χ4v) is 5.28. The highest BCUT2D eigenvalue weighted by Crippen LogP contribution is 2.42. The first kappa shape index (κ1) is 25.1. The Morgan fingerprint density at radius 3 is 2.82 bits per heavy atom. The lowest BCUT2D eigenvalue weighted by atomic mass is 9.97. The number of benzene rings is 2. The molecule has 2 N–H and O–H groups in total. The zero-order chi connectivity index (χ0) is 27.3. The number of aromatic amines is 1. The molecule has 2 aromatic heterocycles. The van der Waals surface area contributed by atoms with Crippen LogP contribution in [0.5, 0.6) is 0 Å². The number of esters is 1. The summed E-state index contributed by atoms with van der Waals surface area (Å²) in [6.07, 6.45) is 5.88. The van der Waals surface area contributed by atoms with Crippen molar-refractivity contribution >= 4 is 33.3 Å². The number of hydrogen-bond acceptors (Lipinski definition) is 5. The SMILES string of the molecule is Cc1cc2c(C3=CC=CNC4OC34)c(C(=O)OCCC(C)C)n(Cc3cc(=O)[nH]c4ccccc34)c2cc1F. The van der Waals surface area contributed by atoms with Crippen LogP contribution in [-0.2, 0) is 16.0 Å². The summed E-state index contributed by atoms with van der Waals surface area (Å²) >= 11 is 0. The van der Waals surface area contributed by atoms with E-state index < -0.39 is 5.97 Å². The van der Waals surface area contributed by atoms with E-state index in [4.69, 9.17) is 9.47 Å². The minimum absolute atomic E-state index is 0.175. The van der Waals surface area contributed by atoms with Gasteiger partial charge in [-0.1, -0.05) is 38.1 Å². The first-order chi connectivity index (χ1) is 18.8. The van der Waals surface area contributed by atoms with Crippen LogP contribution in [0.4, 0.5) is 4.39 Å². The third-order valence-corrected chi connectivity index (χ3v) is 7.35. The van der Waals surface area contributed by atoms with Crippen molar-refractivity contribution in [1.82, 2.24) is 14.9 Å². The lowest BCUT2D eigenvalue weighted by Crippen LogP contribution is -2.18. The molecular weight excluding hydrogens is 497 g/mol. The fourth-order valence-electron chi connectivity index (χ4n) is 5.28. The van der Waals surface area contributed by atoms with Crippen molar-refractivity contribution < 1.29 is 18.7 Å². The molecule has 2 atom stereocenters. The molecule has 4 heterocycles. The third-order valence-electron chi connectivity index (χ3n) is 7.35. The molecule has 2 unspecified atom stereocenters. The van der Waals surface area contributed by atoms with Crippen molar-refractivity contribution in [2.45, 2.75) is 46.1 Å². The molecule has 1 saturated heterocycles. The normalized spacial score (nSPS) is 18.1. The summed E-state index contributed by atoms with van der Waals surface area (Å²) in [4.78, 5) is 29.3. The third kappa shape index (κ3) is 4.65. The number of fused-ring (bicyclic) bond motifs is 3. The monoisotopic (exact) mass is 527 g/mol. The Kier molecular flexibility index (Phi) is 6.35. The number of ether oxygens (including phenoxy) is 2. The lowest BCUT2D eigenvalue weighted by molar-refractivity contribution is 0.0476. The smallest absolute Gasteiger partial charge is 0.355 e. The Morgan fingerprint density at radius 2 is 2.00 bits per heavy atom. The van der Waals surface area contributed by atoms with Gasteiger partial charge in [-0.3, -0.25) is 4.79 Å². The van der Waals surface area contributed by atoms with Gasteiger partial charge < -0.3 is 24.3 Å². The number of hydrogen-bond donors (Lipinski definition) is 2. The van der Waals surface area contributed by atoms with Crippen molar-refractivity contribution in [3.63, 3.8) is 0 Å². The van der Waals surface area contributed by atoms with Crippen LogP contribution in [0.3, 0.4) is 0 Å². The van der Waals surface area contributed by atoms with Crippen LogP contribution < -0.4 is 10.9 Å². The van der Waals surface area contributed by atoms with Crippen LogP contribution in [0.15, 0.2) is 65.6 Å². The van der Waals surface area contributed by atoms with Gasteiger partial charge in [-0.05, 0) is 66.4 Å². The summed E-state index contributed by atoms with van der Waals surface area (Å²) in [7, 11) is 0. The Hall–Kier alpha value is -4.17. The highest BCUT2D eigenvalue weighted by Gasteiger charge is 2.45. The summed E-state index contributed by atoms with van der Waals surface area (Å²) in [6.45, 7) is 6.29. The Bertz CT molecular complexity index is 1730. The molecule has 2 aromatic carbocycles. The number of rotatable bonds is 7. The Morgan fingerprint density at radius 1 is 1.18 bits per heavy atom. The van der Waals surface area contributed by atoms with Crippen molar-refractivity contribution in [2.24, 2.45) is 5.92 Å². The standard InChI is InChI=1S/C31H30FN3O4/c1-17(2)10-12-38-31(37)28-27(21-8-6-11-33-30-29(21)39-30)22-13-18(3)23(32)15-25(22)35(28)16-19-14-26(36)34-24-9-5-4-7-20(19)24/h4-9,11,13-15,17,29-30,33H,10,12,16H2,1-3H3,(H,34,36). The lowest BCUT2D eigenvalue weighted by Gasteiger charge is -2.15. The van der Waals surface area contributed by atoms with Crippen LogP contribution in [0.1, 0.15) is 47.4 Å². The maximum Gasteiger partial charge on any atom is 0.355 e. The highest BCUT2D eigenvalue weighted by atomic mass is 19.1. The van der Waals surface area contributed by atoms with Crippen LogP contribution in [0, 0.1) is 18.7 Å². The van der Waals surface area contributed by atoms with Crippen LogP contribution in [-0.4, -0.2) is 34.5 Å². The second-order valence-electron chi connectivity index (χ2n) is 10.6. The molecule has 4 aromatic rings. The van der Waals surface area contributed by atoms with Gasteiger partial charge in [0.2, 0.25) is 5.56 Å². The van der Waals surface area contributed by atoms with Crippen molar-refractivity contribution in [3.8, 4) is 0 Å². The minimum atomic E-state index is -0.492.